The van der Waals surface area contributed by atoms with E-state index in [0.717, 1.165) is 43.2 Å². The number of hydrogen-bond donors (Lipinski definition) is 3. The molecule has 1 spiro atoms. The lowest BCUT2D eigenvalue weighted by molar-refractivity contribution is -0.148. The van der Waals surface area contributed by atoms with Crippen molar-refractivity contribution in [1.29, 1.82) is 0 Å². The number of nitrogens with one attached hydrogen (secondary N) is 2. The van der Waals surface area contributed by atoms with Gasteiger partial charge in [-0.15, -0.1) is 12.3 Å². The molecule has 3 heterocycles. The number of amides is 1. The number of carbonyl (C=O) groups is 2. The molecule has 0 radical (unpaired) electrons. The minimum atomic E-state index is -0.915. The fourth-order valence-electron chi connectivity index (χ4n) is 5.15. The molecule has 2 fully saturated rings. The van der Waals surface area contributed by atoms with Gasteiger partial charge in [-0.1, -0.05) is 20.8 Å². The summed E-state index contributed by atoms with van der Waals surface area (Å²) in [5, 5.41) is 17.2. The molecule has 1 amide bonds. The second-order valence-corrected chi connectivity index (χ2v) is 11.4. The Bertz CT molecular complexity index is 992. The van der Waals surface area contributed by atoms with Crippen molar-refractivity contribution in [3.8, 4) is 18.2 Å². The molecule has 8 nitrogen and oxygen atoms in total. The zero-order chi connectivity index (χ0) is 25.2. The van der Waals surface area contributed by atoms with Crippen LogP contribution < -0.4 is 15.4 Å². The smallest absolute Gasteiger partial charge is 0.306 e. The molecule has 1 saturated carbocycles. The lowest BCUT2D eigenvalue weighted by Gasteiger charge is -2.47. The molecular formula is C27H37N3O5. The highest BCUT2D eigenvalue weighted by molar-refractivity contribution is 5.86. The summed E-state index contributed by atoms with van der Waals surface area (Å²) in [5.41, 5.74) is 2.09. The number of aliphatic hydroxyl groups is 1. The summed E-state index contributed by atoms with van der Waals surface area (Å²) in [6.07, 6.45) is 11.2. The Kier molecular flexibility index (Phi) is 7.39. The average Bonchev–Trinajstić information content (AvgIpc) is 3.21. The number of aliphatic hydroxyl groups excluding tert-OH is 1. The molecule has 1 aliphatic carbocycles. The van der Waals surface area contributed by atoms with Gasteiger partial charge in [0, 0.05) is 50.0 Å². The highest BCUT2D eigenvalue weighted by Gasteiger charge is 2.46. The normalized spacial score (nSPS) is 24.4. The second kappa shape index (κ2) is 10.2. The third-order valence-corrected chi connectivity index (χ3v) is 7.08. The van der Waals surface area contributed by atoms with Crippen molar-refractivity contribution in [1.82, 2.24) is 15.6 Å². The number of esters is 1. The zero-order valence-electron chi connectivity index (χ0n) is 20.9. The third kappa shape index (κ3) is 6.14. The minimum absolute atomic E-state index is 0.0286. The van der Waals surface area contributed by atoms with Crippen LogP contribution in [0.3, 0.4) is 0 Å². The number of nitrogens with zero attached hydrogens (tertiary/aromatic N) is 1. The van der Waals surface area contributed by atoms with Crippen molar-refractivity contribution < 1.29 is 24.2 Å². The van der Waals surface area contributed by atoms with Gasteiger partial charge in [0.1, 0.15) is 5.60 Å². The van der Waals surface area contributed by atoms with E-state index in [1.165, 1.54) is 0 Å². The number of terminal acetylenes is 1. The van der Waals surface area contributed by atoms with Crippen LogP contribution in [0.2, 0.25) is 0 Å². The fraction of sp³-hybridized carbons (Fsp3) is 0.667. The Morgan fingerprint density at radius 2 is 2.17 bits per heavy atom. The number of fused-ring (bicyclic) bond motifs is 1. The molecule has 1 aromatic rings. The summed E-state index contributed by atoms with van der Waals surface area (Å²) in [5.74, 6) is 2.39. The van der Waals surface area contributed by atoms with Crippen LogP contribution in [0.4, 0.5) is 0 Å². The molecule has 190 valence electrons. The van der Waals surface area contributed by atoms with Crippen LogP contribution in [0.25, 0.3) is 0 Å². The monoisotopic (exact) mass is 483 g/mol. The number of aromatic nitrogens is 1. The predicted octanol–water partition coefficient (Wildman–Crippen LogP) is 2.58. The Morgan fingerprint density at radius 1 is 1.40 bits per heavy atom. The van der Waals surface area contributed by atoms with Crippen LogP contribution in [-0.4, -0.2) is 52.4 Å². The van der Waals surface area contributed by atoms with Crippen LogP contribution in [-0.2, 0) is 20.7 Å². The van der Waals surface area contributed by atoms with Gasteiger partial charge in [-0.25, -0.2) is 4.98 Å². The predicted molar refractivity (Wildman–Crippen MR) is 130 cm³/mol. The van der Waals surface area contributed by atoms with E-state index in [4.69, 9.17) is 15.9 Å². The van der Waals surface area contributed by atoms with E-state index < -0.39 is 24.2 Å². The van der Waals surface area contributed by atoms with Gasteiger partial charge in [-0.05, 0) is 42.7 Å². The third-order valence-electron chi connectivity index (χ3n) is 7.08. The van der Waals surface area contributed by atoms with Crippen molar-refractivity contribution in [2.75, 3.05) is 6.54 Å². The standard InChI is InChI=1S/C27H37N3O5/c1-5-7-19(30-24(33)22-8-9-23(32)34-22)21(31)16-28-20-14-27(10-6-11-27)35-25-18(20)12-17(15-29-25)13-26(2,3)4/h1,12,15,19-22,28,31H,6-11,13-14,16H2,2-4H3,(H,30,33)/t19-,20-,21+,22+/m0/s1. The van der Waals surface area contributed by atoms with E-state index in [0.29, 0.717) is 12.3 Å². The van der Waals surface area contributed by atoms with Gasteiger partial charge in [0.2, 0.25) is 5.88 Å². The van der Waals surface area contributed by atoms with E-state index in [1.54, 1.807) is 0 Å². The Morgan fingerprint density at radius 3 is 2.77 bits per heavy atom. The molecule has 0 unspecified atom stereocenters. The van der Waals surface area contributed by atoms with Gasteiger partial charge in [0.15, 0.2) is 6.10 Å². The van der Waals surface area contributed by atoms with Crippen LogP contribution in [0.15, 0.2) is 12.3 Å². The van der Waals surface area contributed by atoms with Gasteiger partial charge in [-0.2, -0.15) is 0 Å². The molecule has 2 aliphatic heterocycles. The molecule has 0 bridgehead atoms. The first-order valence-corrected chi connectivity index (χ1v) is 12.6. The number of pyridine rings is 1. The van der Waals surface area contributed by atoms with E-state index in [-0.39, 0.29) is 42.4 Å². The van der Waals surface area contributed by atoms with Crippen molar-refractivity contribution in [3.63, 3.8) is 0 Å². The molecule has 4 atom stereocenters. The highest BCUT2D eigenvalue weighted by Crippen LogP contribution is 2.48. The van der Waals surface area contributed by atoms with Crippen LogP contribution >= 0.6 is 0 Å². The molecule has 3 aliphatic rings. The maximum atomic E-state index is 12.5. The summed E-state index contributed by atoms with van der Waals surface area (Å²) in [4.78, 5) is 28.5. The van der Waals surface area contributed by atoms with Gasteiger partial charge < -0.3 is 25.2 Å². The fourth-order valence-corrected chi connectivity index (χ4v) is 5.15. The lowest BCUT2D eigenvalue weighted by Crippen LogP contribution is -2.52. The maximum Gasteiger partial charge on any atom is 0.306 e. The molecular weight excluding hydrogens is 446 g/mol. The Hall–Kier alpha value is -2.63. The first kappa shape index (κ1) is 25.5. The minimum Gasteiger partial charge on any atom is -0.471 e. The molecule has 4 rings (SSSR count). The molecule has 3 N–H and O–H groups in total. The zero-order valence-corrected chi connectivity index (χ0v) is 20.9. The van der Waals surface area contributed by atoms with Gasteiger partial charge in [-0.3, -0.25) is 9.59 Å². The first-order valence-electron chi connectivity index (χ1n) is 12.6. The van der Waals surface area contributed by atoms with E-state index in [1.807, 2.05) is 6.20 Å². The van der Waals surface area contributed by atoms with Gasteiger partial charge >= 0.3 is 5.97 Å². The van der Waals surface area contributed by atoms with Crippen molar-refractivity contribution in [3.05, 3.63) is 23.4 Å². The summed E-state index contributed by atoms with van der Waals surface area (Å²) in [6, 6.07) is 1.49. The van der Waals surface area contributed by atoms with E-state index >= 15 is 0 Å². The van der Waals surface area contributed by atoms with Crippen LogP contribution in [0.5, 0.6) is 5.88 Å². The molecule has 8 heteroatoms. The lowest BCUT2D eigenvalue weighted by atomic mass is 9.73. The van der Waals surface area contributed by atoms with Crippen molar-refractivity contribution in [2.24, 2.45) is 5.41 Å². The van der Waals surface area contributed by atoms with Gasteiger partial charge in [0.05, 0.1) is 12.1 Å². The van der Waals surface area contributed by atoms with Gasteiger partial charge in [0.25, 0.3) is 5.91 Å². The van der Waals surface area contributed by atoms with Crippen molar-refractivity contribution in [2.45, 2.75) is 102 Å². The quantitative estimate of drug-likeness (QED) is 0.385. The number of ether oxygens (including phenoxy) is 2. The summed E-state index contributed by atoms with van der Waals surface area (Å²) in [7, 11) is 0. The highest BCUT2D eigenvalue weighted by atomic mass is 16.6. The number of hydrogen-bond acceptors (Lipinski definition) is 7. The van der Waals surface area contributed by atoms with Crippen molar-refractivity contribution >= 4 is 11.9 Å². The summed E-state index contributed by atoms with van der Waals surface area (Å²) < 4.78 is 11.4. The molecule has 35 heavy (non-hydrogen) atoms. The molecule has 1 saturated heterocycles. The van der Waals surface area contributed by atoms with Crippen LogP contribution in [0, 0.1) is 17.8 Å². The number of cyclic esters (lactones) is 1. The number of carbonyl (C=O) groups excluding carboxylic acids is 2. The SMILES string of the molecule is C#CC[C@H](NC(=O)[C@H]1CCC(=O)O1)[C@H](O)CN[C@H]1CC2(CCC2)Oc2ncc(CC(C)(C)C)cc21. The topological polar surface area (TPSA) is 110 Å². The Balaban J connectivity index is 1.45. The first-order chi connectivity index (χ1) is 16.6. The average molecular weight is 484 g/mol. The molecule has 0 aromatic carbocycles. The summed E-state index contributed by atoms with van der Waals surface area (Å²) >= 11 is 0. The summed E-state index contributed by atoms with van der Waals surface area (Å²) in [6.45, 7) is 6.83. The van der Waals surface area contributed by atoms with E-state index in [9.17, 15) is 14.7 Å². The molecule has 1 aromatic heterocycles. The number of rotatable bonds is 8. The van der Waals surface area contributed by atoms with Crippen LogP contribution in [0.1, 0.15) is 82.9 Å². The Labute approximate surface area is 207 Å². The second-order valence-electron chi connectivity index (χ2n) is 11.4. The van der Waals surface area contributed by atoms with E-state index in [2.05, 4.69) is 48.4 Å². The maximum absolute atomic E-state index is 12.5. The largest absolute Gasteiger partial charge is 0.471 e.